The summed E-state index contributed by atoms with van der Waals surface area (Å²) in [6.07, 6.45) is 1.64. The maximum atomic E-state index is 12.3. The molecule has 0 aliphatic carbocycles. The van der Waals surface area contributed by atoms with Crippen LogP contribution in [0, 0.1) is 5.92 Å². The Hall–Kier alpha value is -1.33. The van der Waals surface area contributed by atoms with Crippen LogP contribution in [0.4, 0.5) is 0 Å². The summed E-state index contributed by atoms with van der Waals surface area (Å²) in [5.74, 6) is -0.0883. The smallest absolute Gasteiger partial charge is 0.320 e. The number of carbonyl (C=O) groups excluding carboxylic acids is 2. The van der Waals surface area contributed by atoms with Crippen LogP contribution in [0.3, 0.4) is 0 Å². The predicted octanol–water partition coefficient (Wildman–Crippen LogP) is 2.58. The molecule has 5 heteroatoms. The lowest BCUT2D eigenvalue weighted by Crippen LogP contribution is -2.39. The molecule has 0 N–H and O–H groups in total. The maximum Gasteiger partial charge on any atom is 0.320 e. The molecule has 1 aliphatic rings. The zero-order valence-corrected chi connectivity index (χ0v) is 13.1. The van der Waals surface area contributed by atoms with Crippen LogP contribution in [-0.4, -0.2) is 42.2 Å². The molecule has 0 spiro atoms. The summed E-state index contributed by atoms with van der Waals surface area (Å²) in [5, 5.41) is 0.233. The minimum atomic E-state index is -0.180. The number of benzene rings is 1. The van der Waals surface area contributed by atoms with Crippen molar-refractivity contribution in [1.29, 1.82) is 0 Å². The second-order valence-electron chi connectivity index (χ2n) is 5.09. The number of ether oxygens (including phenoxy) is 1. The highest BCUT2D eigenvalue weighted by Gasteiger charge is 2.26. The van der Waals surface area contributed by atoms with E-state index in [4.69, 9.17) is 4.74 Å². The Morgan fingerprint density at radius 3 is 2.52 bits per heavy atom. The van der Waals surface area contributed by atoms with Crippen molar-refractivity contribution in [2.45, 2.75) is 24.7 Å². The van der Waals surface area contributed by atoms with Gasteiger partial charge in [0.2, 0.25) is 0 Å². The van der Waals surface area contributed by atoms with Crippen LogP contribution in [0.15, 0.2) is 35.2 Å². The molecule has 1 aromatic rings. The van der Waals surface area contributed by atoms with Gasteiger partial charge in [-0.1, -0.05) is 30.0 Å². The van der Waals surface area contributed by atoms with E-state index in [1.54, 1.807) is 0 Å². The van der Waals surface area contributed by atoms with Gasteiger partial charge in [-0.25, -0.2) is 0 Å². The molecule has 1 saturated heterocycles. The average Bonchev–Trinajstić information content (AvgIpc) is 2.49. The number of hydrogen-bond donors (Lipinski definition) is 0. The van der Waals surface area contributed by atoms with E-state index < -0.39 is 0 Å². The summed E-state index contributed by atoms with van der Waals surface area (Å²) in [4.78, 5) is 26.7. The third kappa shape index (κ3) is 5.17. The Labute approximate surface area is 129 Å². The quantitative estimate of drug-likeness (QED) is 0.618. The van der Waals surface area contributed by atoms with E-state index in [-0.39, 0.29) is 17.0 Å². The van der Waals surface area contributed by atoms with Gasteiger partial charge in [0.1, 0.15) is 0 Å². The van der Waals surface area contributed by atoms with Crippen LogP contribution in [0.25, 0.3) is 0 Å². The molecule has 0 bridgehead atoms. The fourth-order valence-electron chi connectivity index (χ4n) is 2.40. The fraction of sp³-hybridized carbons (Fsp3) is 0.500. The Balaban J connectivity index is 1.75. The Morgan fingerprint density at radius 2 is 1.90 bits per heavy atom. The van der Waals surface area contributed by atoms with Gasteiger partial charge in [0.25, 0.3) is 0 Å². The first-order chi connectivity index (χ1) is 10.2. The van der Waals surface area contributed by atoms with Crippen LogP contribution in [0.5, 0.6) is 0 Å². The molecule has 4 nitrogen and oxygen atoms in total. The van der Waals surface area contributed by atoms with E-state index in [1.165, 1.54) is 11.8 Å². The lowest BCUT2D eigenvalue weighted by molar-refractivity contribution is -0.144. The molecule has 0 saturated carbocycles. The van der Waals surface area contributed by atoms with Gasteiger partial charge in [0.15, 0.2) is 5.12 Å². The zero-order chi connectivity index (χ0) is 15.1. The fourth-order valence-corrected chi connectivity index (χ4v) is 3.33. The molecule has 1 aliphatic heterocycles. The summed E-state index contributed by atoms with van der Waals surface area (Å²) in [6.45, 7) is 4.13. The molecule has 1 fully saturated rings. The van der Waals surface area contributed by atoms with Crippen LogP contribution >= 0.6 is 11.8 Å². The highest BCUT2D eigenvalue weighted by atomic mass is 32.2. The number of rotatable bonds is 5. The van der Waals surface area contributed by atoms with Crippen molar-refractivity contribution in [2.24, 2.45) is 5.92 Å². The first kappa shape index (κ1) is 16.0. The van der Waals surface area contributed by atoms with Gasteiger partial charge in [-0.3, -0.25) is 14.5 Å². The number of thioether (sulfide) groups is 1. The summed E-state index contributed by atoms with van der Waals surface area (Å²) in [6, 6.07) is 9.74. The largest absolute Gasteiger partial charge is 0.465 e. The summed E-state index contributed by atoms with van der Waals surface area (Å²) < 4.78 is 4.95. The molecular formula is C16H21NO3S. The molecule has 1 aromatic carbocycles. The third-order valence-corrected chi connectivity index (χ3v) is 4.58. The van der Waals surface area contributed by atoms with E-state index in [0.717, 1.165) is 30.8 Å². The lowest BCUT2D eigenvalue weighted by Gasteiger charge is -2.30. The summed E-state index contributed by atoms with van der Waals surface area (Å²) >= 11 is 1.32. The minimum absolute atomic E-state index is 0.0913. The monoisotopic (exact) mass is 307 g/mol. The highest BCUT2D eigenvalue weighted by Crippen LogP contribution is 2.27. The molecule has 0 atom stereocenters. The van der Waals surface area contributed by atoms with Crippen LogP contribution in [0.2, 0.25) is 0 Å². The van der Waals surface area contributed by atoms with Crippen molar-refractivity contribution in [3.63, 3.8) is 0 Å². The van der Waals surface area contributed by atoms with Crippen molar-refractivity contribution < 1.29 is 14.3 Å². The van der Waals surface area contributed by atoms with E-state index in [2.05, 4.69) is 4.90 Å². The molecule has 0 aromatic heterocycles. The maximum absolute atomic E-state index is 12.3. The van der Waals surface area contributed by atoms with Crippen molar-refractivity contribution >= 4 is 22.8 Å². The number of hydrogen-bond acceptors (Lipinski definition) is 5. The Bertz CT molecular complexity index is 470. The predicted molar refractivity (Wildman–Crippen MR) is 83.1 cm³/mol. The number of nitrogens with zero attached hydrogens (tertiary/aromatic N) is 1. The van der Waals surface area contributed by atoms with Gasteiger partial charge in [-0.15, -0.1) is 0 Å². The second-order valence-corrected chi connectivity index (χ2v) is 6.17. The first-order valence-corrected chi connectivity index (χ1v) is 8.15. The van der Waals surface area contributed by atoms with E-state index in [1.807, 2.05) is 37.3 Å². The van der Waals surface area contributed by atoms with Gasteiger partial charge in [-0.2, -0.15) is 0 Å². The molecule has 0 unspecified atom stereocenters. The van der Waals surface area contributed by atoms with Crippen LogP contribution in [0.1, 0.15) is 19.8 Å². The van der Waals surface area contributed by atoms with E-state index >= 15 is 0 Å². The third-order valence-electron chi connectivity index (χ3n) is 3.54. The van der Waals surface area contributed by atoms with Gasteiger partial charge >= 0.3 is 5.97 Å². The first-order valence-electron chi connectivity index (χ1n) is 7.33. The zero-order valence-electron chi connectivity index (χ0n) is 12.3. The number of likely N-dealkylation sites (tertiary alicyclic amines) is 1. The molecule has 0 radical (unpaired) electrons. The average molecular weight is 307 g/mol. The Kier molecular flexibility index (Phi) is 6.26. The van der Waals surface area contributed by atoms with Crippen molar-refractivity contribution in [3.05, 3.63) is 30.3 Å². The van der Waals surface area contributed by atoms with Crippen molar-refractivity contribution in [1.82, 2.24) is 4.90 Å². The lowest BCUT2D eigenvalue weighted by atomic mass is 9.98. The normalized spacial score (nSPS) is 16.6. The van der Waals surface area contributed by atoms with E-state index in [0.29, 0.717) is 13.2 Å². The molecule has 21 heavy (non-hydrogen) atoms. The molecular weight excluding hydrogens is 286 g/mol. The summed E-state index contributed by atoms with van der Waals surface area (Å²) in [5.41, 5.74) is 0. The minimum Gasteiger partial charge on any atom is -0.465 e. The summed E-state index contributed by atoms with van der Waals surface area (Å²) in [7, 11) is 0. The van der Waals surface area contributed by atoms with Crippen LogP contribution in [-0.2, 0) is 14.3 Å². The molecule has 1 heterocycles. The van der Waals surface area contributed by atoms with Gasteiger partial charge in [-0.05, 0) is 45.0 Å². The second kappa shape index (κ2) is 8.20. The van der Waals surface area contributed by atoms with Crippen molar-refractivity contribution in [3.8, 4) is 0 Å². The van der Waals surface area contributed by atoms with Crippen LogP contribution < -0.4 is 0 Å². The number of carbonyl (C=O) groups is 2. The van der Waals surface area contributed by atoms with Gasteiger partial charge < -0.3 is 4.74 Å². The standard InChI is InChI=1S/C16H21NO3S/c1-2-20-15(18)12-17-10-8-13(9-11-17)16(19)21-14-6-4-3-5-7-14/h3-7,13H,2,8-12H2,1H3. The molecule has 114 valence electrons. The van der Waals surface area contributed by atoms with Gasteiger partial charge in [0.05, 0.1) is 13.2 Å². The van der Waals surface area contributed by atoms with Crippen molar-refractivity contribution in [2.75, 3.05) is 26.2 Å². The SMILES string of the molecule is CCOC(=O)CN1CCC(C(=O)Sc2ccccc2)CC1. The highest BCUT2D eigenvalue weighted by molar-refractivity contribution is 8.13. The molecule has 0 amide bonds. The number of piperidine rings is 1. The Morgan fingerprint density at radius 1 is 1.24 bits per heavy atom. The van der Waals surface area contributed by atoms with Gasteiger partial charge in [0, 0.05) is 10.8 Å². The topological polar surface area (TPSA) is 46.6 Å². The molecule has 2 rings (SSSR count). The number of esters is 1. The van der Waals surface area contributed by atoms with E-state index in [9.17, 15) is 9.59 Å².